The Balaban J connectivity index is 1.66. The number of rotatable bonds is 4. The Labute approximate surface area is 140 Å². The van der Waals surface area contributed by atoms with E-state index in [0.29, 0.717) is 24.3 Å². The minimum atomic E-state index is -0.834. The van der Waals surface area contributed by atoms with Crippen LogP contribution in [0.15, 0.2) is 54.6 Å². The molecule has 1 fully saturated rings. The molecule has 3 rings (SSSR count). The lowest BCUT2D eigenvalue weighted by molar-refractivity contribution is -0.143. The number of piperidine rings is 1. The maximum atomic E-state index is 12.5. The Bertz CT molecular complexity index is 712. The van der Waals surface area contributed by atoms with Gasteiger partial charge in [0.15, 0.2) is 0 Å². The van der Waals surface area contributed by atoms with Crippen molar-refractivity contribution in [2.24, 2.45) is 5.92 Å². The second kappa shape index (κ2) is 7.17. The number of carbonyl (C=O) groups is 2. The molecule has 5 nitrogen and oxygen atoms in total. The fourth-order valence-corrected chi connectivity index (χ4v) is 2.84. The van der Waals surface area contributed by atoms with Crippen LogP contribution in [0.4, 0.5) is 0 Å². The fourth-order valence-electron chi connectivity index (χ4n) is 2.84. The zero-order valence-electron chi connectivity index (χ0n) is 13.2. The van der Waals surface area contributed by atoms with E-state index in [1.54, 1.807) is 29.2 Å². The number of likely N-dealkylation sites (tertiary alicyclic amines) is 1. The minimum Gasteiger partial charge on any atom is -0.481 e. The first-order valence-electron chi connectivity index (χ1n) is 7.98. The van der Waals surface area contributed by atoms with Gasteiger partial charge >= 0.3 is 5.97 Å². The number of para-hydroxylation sites is 1. The molecule has 0 aromatic heterocycles. The van der Waals surface area contributed by atoms with Crippen LogP contribution >= 0.6 is 0 Å². The second-order valence-electron chi connectivity index (χ2n) is 5.87. The first kappa shape index (κ1) is 16.1. The van der Waals surface area contributed by atoms with Gasteiger partial charge in [-0.1, -0.05) is 18.2 Å². The van der Waals surface area contributed by atoms with Crippen molar-refractivity contribution in [2.45, 2.75) is 12.8 Å². The van der Waals surface area contributed by atoms with Crippen molar-refractivity contribution >= 4 is 11.9 Å². The Hall–Kier alpha value is -2.82. The lowest BCUT2D eigenvalue weighted by Gasteiger charge is -2.30. The van der Waals surface area contributed by atoms with Crippen molar-refractivity contribution in [3.05, 3.63) is 60.2 Å². The van der Waals surface area contributed by atoms with Crippen LogP contribution in [0.3, 0.4) is 0 Å². The van der Waals surface area contributed by atoms with Gasteiger partial charge < -0.3 is 14.7 Å². The summed E-state index contributed by atoms with van der Waals surface area (Å²) in [5.41, 5.74) is 0.543. The summed E-state index contributed by atoms with van der Waals surface area (Å²) in [6.07, 6.45) is 1.35. The van der Waals surface area contributed by atoms with Gasteiger partial charge in [0.25, 0.3) is 5.91 Å². The lowest BCUT2D eigenvalue weighted by atomic mass is 9.97. The van der Waals surface area contributed by atoms with Crippen LogP contribution in [0.25, 0.3) is 0 Å². The number of nitrogens with zero attached hydrogens (tertiary/aromatic N) is 1. The van der Waals surface area contributed by atoms with Crippen LogP contribution in [0.5, 0.6) is 11.5 Å². The summed E-state index contributed by atoms with van der Waals surface area (Å²) in [7, 11) is 0. The highest BCUT2D eigenvalue weighted by molar-refractivity contribution is 5.94. The molecular formula is C19H19NO4. The van der Waals surface area contributed by atoms with Gasteiger partial charge in [0.05, 0.1) is 5.92 Å². The quantitative estimate of drug-likeness (QED) is 0.935. The largest absolute Gasteiger partial charge is 0.481 e. The molecule has 0 bridgehead atoms. The van der Waals surface area contributed by atoms with E-state index in [4.69, 9.17) is 9.84 Å². The summed E-state index contributed by atoms with van der Waals surface area (Å²) in [5, 5.41) is 9.13. The molecule has 1 aliphatic heterocycles. The molecule has 24 heavy (non-hydrogen) atoms. The molecule has 1 atom stereocenters. The van der Waals surface area contributed by atoms with Crippen molar-refractivity contribution in [1.82, 2.24) is 4.90 Å². The predicted octanol–water partition coefficient (Wildman–Crippen LogP) is 3.42. The highest BCUT2D eigenvalue weighted by Gasteiger charge is 2.28. The maximum Gasteiger partial charge on any atom is 0.308 e. The second-order valence-corrected chi connectivity index (χ2v) is 5.87. The average Bonchev–Trinajstić information content (AvgIpc) is 2.63. The third kappa shape index (κ3) is 3.74. The van der Waals surface area contributed by atoms with Crippen LogP contribution in [-0.4, -0.2) is 35.0 Å². The van der Waals surface area contributed by atoms with E-state index in [2.05, 4.69) is 0 Å². The normalized spacial score (nSPS) is 17.3. The van der Waals surface area contributed by atoms with Gasteiger partial charge in [0.2, 0.25) is 0 Å². The smallest absolute Gasteiger partial charge is 0.308 e. The molecule has 5 heteroatoms. The van der Waals surface area contributed by atoms with Crippen LogP contribution < -0.4 is 4.74 Å². The molecule has 1 saturated heterocycles. The number of carboxylic acid groups (broad SMARTS) is 1. The molecule has 0 saturated carbocycles. The minimum absolute atomic E-state index is 0.132. The van der Waals surface area contributed by atoms with Crippen molar-refractivity contribution in [3.8, 4) is 11.5 Å². The van der Waals surface area contributed by atoms with Crippen LogP contribution in [0.2, 0.25) is 0 Å². The summed E-state index contributed by atoms with van der Waals surface area (Å²) in [6, 6.07) is 16.3. The topological polar surface area (TPSA) is 66.8 Å². The summed E-state index contributed by atoms with van der Waals surface area (Å²) in [5.74, 6) is -0.0496. The van der Waals surface area contributed by atoms with E-state index in [1.165, 1.54) is 0 Å². The molecule has 0 radical (unpaired) electrons. The molecule has 0 aliphatic carbocycles. The number of aliphatic carboxylic acids is 1. The number of carboxylic acids is 1. The Morgan fingerprint density at radius 1 is 1.00 bits per heavy atom. The Kier molecular flexibility index (Phi) is 4.79. The van der Waals surface area contributed by atoms with Gasteiger partial charge in [0.1, 0.15) is 11.5 Å². The number of carbonyl (C=O) groups excluding carboxylic acids is 1. The molecule has 0 spiro atoms. The van der Waals surface area contributed by atoms with E-state index in [-0.39, 0.29) is 12.5 Å². The third-order valence-electron chi connectivity index (χ3n) is 4.14. The highest BCUT2D eigenvalue weighted by Crippen LogP contribution is 2.23. The molecule has 1 N–H and O–H groups in total. The summed E-state index contributed by atoms with van der Waals surface area (Å²) >= 11 is 0. The van der Waals surface area contributed by atoms with E-state index in [9.17, 15) is 9.59 Å². The maximum absolute atomic E-state index is 12.5. The van der Waals surface area contributed by atoms with E-state index >= 15 is 0 Å². The van der Waals surface area contributed by atoms with Crippen LogP contribution in [0, 0.1) is 5.92 Å². The molecule has 2 aromatic rings. The number of benzene rings is 2. The average molecular weight is 325 g/mol. The van der Waals surface area contributed by atoms with Crippen molar-refractivity contribution in [3.63, 3.8) is 0 Å². The monoisotopic (exact) mass is 325 g/mol. The van der Waals surface area contributed by atoms with Crippen LogP contribution in [0.1, 0.15) is 23.2 Å². The number of amides is 1. The van der Waals surface area contributed by atoms with Crippen molar-refractivity contribution in [2.75, 3.05) is 13.1 Å². The molecular weight excluding hydrogens is 306 g/mol. The van der Waals surface area contributed by atoms with Gasteiger partial charge in [-0.05, 0) is 49.2 Å². The standard InChI is InChI=1S/C19H19NO4/c21-18(20-12-4-5-15(13-20)19(22)23)14-8-10-17(11-9-14)24-16-6-2-1-3-7-16/h1-3,6-11,15H,4-5,12-13H2,(H,22,23)/t15-/m0/s1. The molecule has 1 aliphatic rings. The van der Waals surface area contributed by atoms with E-state index in [0.717, 1.165) is 12.2 Å². The van der Waals surface area contributed by atoms with E-state index in [1.807, 2.05) is 30.3 Å². The highest BCUT2D eigenvalue weighted by atomic mass is 16.5. The Morgan fingerprint density at radius 3 is 2.33 bits per heavy atom. The summed E-state index contributed by atoms with van der Waals surface area (Å²) in [4.78, 5) is 25.3. The molecule has 1 heterocycles. The fraction of sp³-hybridized carbons (Fsp3) is 0.263. The zero-order chi connectivity index (χ0) is 16.9. The van der Waals surface area contributed by atoms with Crippen molar-refractivity contribution in [1.29, 1.82) is 0 Å². The van der Waals surface area contributed by atoms with Crippen LogP contribution in [-0.2, 0) is 4.79 Å². The molecule has 0 unspecified atom stereocenters. The molecule has 2 aromatic carbocycles. The number of hydrogen-bond acceptors (Lipinski definition) is 3. The third-order valence-corrected chi connectivity index (χ3v) is 4.14. The number of ether oxygens (including phenoxy) is 1. The van der Waals surface area contributed by atoms with Gasteiger partial charge in [-0.25, -0.2) is 0 Å². The summed E-state index contributed by atoms with van der Waals surface area (Å²) in [6.45, 7) is 0.876. The van der Waals surface area contributed by atoms with E-state index < -0.39 is 11.9 Å². The SMILES string of the molecule is O=C(O)[C@H]1CCCN(C(=O)c2ccc(Oc3ccccc3)cc2)C1. The van der Waals surface area contributed by atoms with Crippen molar-refractivity contribution < 1.29 is 19.4 Å². The molecule has 1 amide bonds. The van der Waals surface area contributed by atoms with Gasteiger partial charge in [-0.15, -0.1) is 0 Å². The summed E-state index contributed by atoms with van der Waals surface area (Å²) < 4.78 is 5.70. The van der Waals surface area contributed by atoms with Gasteiger partial charge in [-0.3, -0.25) is 9.59 Å². The van der Waals surface area contributed by atoms with Gasteiger partial charge in [-0.2, -0.15) is 0 Å². The zero-order valence-corrected chi connectivity index (χ0v) is 13.2. The number of hydrogen-bond donors (Lipinski definition) is 1. The Morgan fingerprint density at radius 2 is 1.67 bits per heavy atom. The lowest BCUT2D eigenvalue weighted by Crippen LogP contribution is -2.42. The van der Waals surface area contributed by atoms with Gasteiger partial charge in [0, 0.05) is 18.7 Å². The predicted molar refractivity (Wildman–Crippen MR) is 89.2 cm³/mol. The first-order chi connectivity index (χ1) is 11.6. The molecule has 124 valence electrons. The first-order valence-corrected chi connectivity index (χ1v) is 7.98.